The zero-order chi connectivity index (χ0) is 15.6. The monoisotopic (exact) mass is 300 g/mol. The van der Waals surface area contributed by atoms with Gasteiger partial charge in [-0.15, -0.1) is 0 Å². The molecule has 5 heteroatoms. The summed E-state index contributed by atoms with van der Waals surface area (Å²) in [5.74, 6) is 0.265. The number of aromatic hydroxyl groups is 1. The van der Waals surface area contributed by atoms with E-state index in [1.54, 1.807) is 12.3 Å². The minimum absolute atomic E-state index is 0.265. The summed E-state index contributed by atoms with van der Waals surface area (Å²) in [7, 11) is 0. The Kier molecular flexibility index (Phi) is 6.83. The molecule has 0 saturated heterocycles. The van der Waals surface area contributed by atoms with Gasteiger partial charge in [-0.3, -0.25) is 4.99 Å². The molecule has 0 radical (unpaired) electrons. The van der Waals surface area contributed by atoms with Crippen LogP contribution in [0.5, 0.6) is 5.75 Å². The molecule has 5 N–H and O–H groups in total. The van der Waals surface area contributed by atoms with Gasteiger partial charge in [0.05, 0.1) is 6.54 Å². The summed E-state index contributed by atoms with van der Waals surface area (Å²) in [6.45, 7) is 4.81. The van der Waals surface area contributed by atoms with Crippen molar-refractivity contribution >= 4 is 17.0 Å². The summed E-state index contributed by atoms with van der Waals surface area (Å²) in [6.07, 6.45) is 1.76. The maximum absolute atomic E-state index is 10.0. The molecule has 0 bridgehead atoms. The lowest BCUT2D eigenvalue weighted by Gasteiger charge is -2.05. The number of rotatable bonds is 9. The number of phenols is 1. The molecule has 0 saturated carbocycles. The first-order chi connectivity index (χ1) is 10.8. The Labute approximate surface area is 131 Å². The Morgan fingerprint density at radius 2 is 1.77 bits per heavy atom. The van der Waals surface area contributed by atoms with Crippen LogP contribution in [0.15, 0.2) is 41.4 Å². The first-order valence-corrected chi connectivity index (χ1v) is 7.65. The van der Waals surface area contributed by atoms with Gasteiger partial charge < -0.3 is 21.5 Å². The Bertz CT molecular complexity index is 613. The van der Waals surface area contributed by atoms with Crippen LogP contribution in [0.1, 0.15) is 5.56 Å². The van der Waals surface area contributed by atoms with Crippen molar-refractivity contribution in [3.8, 4) is 5.75 Å². The first kappa shape index (κ1) is 16.4. The Hall–Kier alpha value is -1.95. The van der Waals surface area contributed by atoms with Crippen molar-refractivity contribution in [1.82, 2.24) is 10.6 Å². The van der Waals surface area contributed by atoms with Crippen molar-refractivity contribution in [3.63, 3.8) is 0 Å². The van der Waals surface area contributed by atoms with E-state index in [9.17, 15) is 5.11 Å². The van der Waals surface area contributed by atoms with E-state index in [1.165, 1.54) is 0 Å². The topological polar surface area (TPSA) is 82.7 Å². The van der Waals surface area contributed by atoms with E-state index < -0.39 is 0 Å². The smallest absolute Gasteiger partial charge is 0.124 e. The SMILES string of the molecule is NCCNCCNCCN=Cc1c(O)ccc2ccccc12. The van der Waals surface area contributed by atoms with Gasteiger partial charge in [0.2, 0.25) is 0 Å². The highest BCUT2D eigenvalue weighted by atomic mass is 16.3. The summed E-state index contributed by atoms with van der Waals surface area (Å²) >= 11 is 0. The highest BCUT2D eigenvalue weighted by Crippen LogP contribution is 2.25. The van der Waals surface area contributed by atoms with Gasteiger partial charge in [-0.1, -0.05) is 30.3 Å². The molecule has 2 aromatic rings. The number of phenolic OH excluding ortho intramolecular Hbond substituents is 1. The predicted octanol–water partition coefficient (Wildman–Crippen LogP) is 1.10. The van der Waals surface area contributed by atoms with Crippen molar-refractivity contribution in [2.75, 3.05) is 39.3 Å². The lowest BCUT2D eigenvalue weighted by molar-refractivity contribution is 0.475. The standard InChI is InChI=1S/C17H24N4O/c18-7-8-19-9-10-20-11-12-21-13-16-15-4-2-1-3-14(15)5-6-17(16)22/h1-6,13,19-20,22H,7-12,18H2. The molecule has 0 unspecified atom stereocenters. The molecular formula is C17H24N4O. The molecule has 22 heavy (non-hydrogen) atoms. The van der Waals surface area contributed by atoms with E-state index in [-0.39, 0.29) is 5.75 Å². The Morgan fingerprint density at radius 3 is 2.59 bits per heavy atom. The normalized spacial score (nSPS) is 11.5. The predicted molar refractivity (Wildman–Crippen MR) is 92.9 cm³/mol. The second kappa shape index (κ2) is 9.15. The van der Waals surface area contributed by atoms with Gasteiger partial charge in [-0.2, -0.15) is 0 Å². The maximum atomic E-state index is 10.0. The van der Waals surface area contributed by atoms with Crippen LogP contribution in [0.25, 0.3) is 10.8 Å². The maximum Gasteiger partial charge on any atom is 0.124 e. The molecule has 0 atom stereocenters. The van der Waals surface area contributed by atoms with Gasteiger partial charge in [0.25, 0.3) is 0 Å². The average molecular weight is 300 g/mol. The van der Waals surface area contributed by atoms with E-state index in [2.05, 4.69) is 15.6 Å². The second-order valence-electron chi connectivity index (χ2n) is 5.04. The number of nitrogens with one attached hydrogen (secondary N) is 2. The van der Waals surface area contributed by atoms with Gasteiger partial charge in [0.1, 0.15) is 5.75 Å². The zero-order valence-electron chi connectivity index (χ0n) is 12.8. The number of hydrogen-bond acceptors (Lipinski definition) is 5. The van der Waals surface area contributed by atoms with Crippen LogP contribution in [0.2, 0.25) is 0 Å². The third kappa shape index (κ3) is 4.80. The summed E-state index contributed by atoms with van der Waals surface area (Å²) in [4.78, 5) is 4.40. The first-order valence-electron chi connectivity index (χ1n) is 7.65. The van der Waals surface area contributed by atoms with E-state index in [1.807, 2.05) is 30.3 Å². The van der Waals surface area contributed by atoms with Crippen LogP contribution in [0.4, 0.5) is 0 Å². The molecule has 0 aliphatic rings. The lowest BCUT2D eigenvalue weighted by Crippen LogP contribution is -2.31. The fourth-order valence-electron chi connectivity index (χ4n) is 2.25. The highest BCUT2D eigenvalue weighted by molar-refractivity contribution is 6.02. The van der Waals surface area contributed by atoms with Gasteiger partial charge in [-0.25, -0.2) is 0 Å². The Balaban J connectivity index is 1.82. The van der Waals surface area contributed by atoms with Crippen molar-refractivity contribution < 1.29 is 5.11 Å². The average Bonchev–Trinajstić information content (AvgIpc) is 2.55. The molecule has 0 amide bonds. The van der Waals surface area contributed by atoms with E-state index in [0.717, 1.165) is 42.5 Å². The quantitative estimate of drug-likeness (QED) is 0.413. The number of nitrogens with zero attached hydrogens (tertiary/aromatic N) is 1. The number of aliphatic imine (C=N–C) groups is 1. The van der Waals surface area contributed by atoms with Crippen LogP contribution in [0.3, 0.4) is 0 Å². The summed E-state index contributed by atoms with van der Waals surface area (Å²) in [6, 6.07) is 11.6. The molecule has 0 fully saturated rings. The molecule has 0 heterocycles. The fourth-order valence-corrected chi connectivity index (χ4v) is 2.25. The van der Waals surface area contributed by atoms with Crippen molar-refractivity contribution in [2.24, 2.45) is 10.7 Å². The molecule has 118 valence electrons. The molecule has 0 spiro atoms. The molecule has 0 aliphatic carbocycles. The molecular weight excluding hydrogens is 276 g/mol. The summed E-state index contributed by atoms with van der Waals surface area (Å²) in [5.41, 5.74) is 6.17. The molecule has 5 nitrogen and oxygen atoms in total. The van der Waals surface area contributed by atoms with E-state index in [4.69, 9.17) is 5.73 Å². The number of benzene rings is 2. The van der Waals surface area contributed by atoms with Crippen molar-refractivity contribution in [3.05, 3.63) is 42.0 Å². The van der Waals surface area contributed by atoms with Gasteiger partial charge in [0.15, 0.2) is 0 Å². The van der Waals surface area contributed by atoms with E-state index in [0.29, 0.717) is 13.1 Å². The van der Waals surface area contributed by atoms with Gasteiger partial charge in [-0.05, 0) is 16.8 Å². The fraction of sp³-hybridized carbons (Fsp3) is 0.353. The third-order valence-electron chi connectivity index (χ3n) is 3.39. The number of hydrogen-bond donors (Lipinski definition) is 4. The van der Waals surface area contributed by atoms with Crippen molar-refractivity contribution in [2.45, 2.75) is 0 Å². The number of nitrogens with two attached hydrogens (primary N) is 1. The summed E-state index contributed by atoms with van der Waals surface area (Å²) < 4.78 is 0. The van der Waals surface area contributed by atoms with Crippen LogP contribution in [-0.2, 0) is 0 Å². The van der Waals surface area contributed by atoms with Gasteiger partial charge in [0, 0.05) is 44.5 Å². The highest BCUT2D eigenvalue weighted by Gasteiger charge is 2.03. The number of fused-ring (bicyclic) bond motifs is 1. The minimum Gasteiger partial charge on any atom is -0.507 e. The third-order valence-corrected chi connectivity index (χ3v) is 3.39. The minimum atomic E-state index is 0.265. The largest absolute Gasteiger partial charge is 0.507 e. The van der Waals surface area contributed by atoms with E-state index >= 15 is 0 Å². The van der Waals surface area contributed by atoms with Crippen molar-refractivity contribution in [1.29, 1.82) is 0 Å². The molecule has 2 aromatic carbocycles. The van der Waals surface area contributed by atoms with Crippen LogP contribution < -0.4 is 16.4 Å². The van der Waals surface area contributed by atoms with Crippen LogP contribution in [-0.4, -0.2) is 50.6 Å². The summed E-state index contributed by atoms with van der Waals surface area (Å²) in [5, 5.41) is 18.7. The zero-order valence-corrected chi connectivity index (χ0v) is 12.8. The van der Waals surface area contributed by atoms with Gasteiger partial charge >= 0.3 is 0 Å². The Morgan fingerprint density at radius 1 is 1.00 bits per heavy atom. The van der Waals surface area contributed by atoms with Crippen LogP contribution >= 0.6 is 0 Å². The van der Waals surface area contributed by atoms with Crippen LogP contribution in [0, 0.1) is 0 Å². The second-order valence-corrected chi connectivity index (χ2v) is 5.04. The molecule has 0 aromatic heterocycles. The lowest BCUT2D eigenvalue weighted by atomic mass is 10.0. The molecule has 0 aliphatic heterocycles. The molecule has 2 rings (SSSR count).